The van der Waals surface area contributed by atoms with Gasteiger partial charge in [0.2, 0.25) is 0 Å². The third-order valence-electron chi connectivity index (χ3n) is 2.63. The number of carboxylic acid groups (broad SMARTS) is 1. The summed E-state index contributed by atoms with van der Waals surface area (Å²) in [5, 5.41) is 19.6. The Morgan fingerprint density at radius 2 is 2.22 bits per heavy atom. The normalized spacial score (nSPS) is 11.9. The van der Waals surface area contributed by atoms with Crippen molar-refractivity contribution in [1.29, 1.82) is 0 Å². The topological polar surface area (TPSA) is 89.7 Å². The molecule has 0 amide bonds. The number of nitro benzene ring substituents is 1. The summed E-state index contributed by atoms with van der Waals surface area (Å²) in [7, 11) is 0. The summed E-state index contributed by atoms with van der Waals surface area (Å²) >= 11 is 0. The van der Waals surface area contributed by atoms with E-state index in [4.69, 9.17) is 9.84 Å². The van der Waals surface area contributed by atoms with Crippen LogP contribution in [0.5, 0.6) is 5.75 Å². The molecule has 0 aliphatic carbocycles. The van der Waals surface area contributed by atoms with Crippen LogP contribution < -0.4 is 4.74 Å². The van der Waals surface area contributed by atoms with E-state index in [9.17, 15) is 14.9 Å². The molecule has 0 heterocycles. The van der Waals surface area contributed by atoms with Crippen molar-refractivity contribution in [3.8, 4) is 5.75 Å². The standard InChI is InChI=1S/C12H15NO5/c1-3-8(2)7-18-9-4-5-11(13(16)17)10(6-9)12(14)15/h4-6,8H,3,7H2,1-2H3,(H,14,15). The lowest BCUT2D eigenvalue weighted by molar-refractivity contribution is -0.385. The first-order valence-corrected chi connectivity index (χ1v) is 5.60. The van der Waals surface area contributed by atoms with Crippen LogP contribution in [0, 0.1) is 16.0 Å². The second-order valence-corrected chi connectivity index (χ2v) is 4.07. The van der Waals surface area contributed by atoms with Crippen LogP contribution in [-0.4, -0.2) is 22.6 Å². The molecular formula is C12H15NO5. The fourth-order valence-electron chi connectivity index (χ4n) is 1.29. The number of benzene rings is 1. The minimum Gasteiger partial charge on any atom is -0.493 e. The smallest absolute Gasteiger partial charge is 0.342 e. The fourth-order valence-corrected chi connectivity index (χ4v) is 1.29. The number of aromatic carboxylic acids is 1. The first-order chi connectivity index (χ1) is 8.45. The van der Waals surface area contributed by atoms with Gasteiger partial charge in [0.1, 0.15) is 11.3 Å². The summed E-state index contributed by atoms with van der Waals surface area (Å²) in [4.78, 5) is 20.8. The quantitative estimate of drug-likeness (QED) is 0.621. The first-order valence-electron chi connectivity index (χ1n) is 5.60. The van der Waals surface area contributed by atoms with Gasteiger partial charge in [-0.2, -0.15) is 0 Å². The number of nitro groups is 1. The van der Waals surface area contributed by atoms with Crippen LogP contribution >= 0.6 is 0 Å². The van der Waals surface area contributed by atoms with Crippen molar-refractivity contribution in [2.75, 3.05) is 6.61 Å². The van der Waals surface area contributed by atoms with Crippen LogP contribution in [-0.2, 0) is 0 Å². The predicted octanol–water partition coefficient (Wildman–Crippen LogP) is 2.72. The summed E-state index contributed by atoms with van der Waals surface area (Å²) in [5.74, 6) is -0.664. The van der Waals surface area contributed by atoms with Gasteiger partial charge in [-0.1, -0.05) is 20.3 Å². The third kappa shape index (κ3) is 3.44. The van der Waals surface area contributed by atoms with Gasteiger partial charge < -0.3 is 9.84 Å². The Labute approximate surface area is 104 Å². The first kappa shape index (κ1) is 14.0. The summed E-state index contributed by atoms with van der Waals surface area (Å²) in [6, 6.07) is 3.74. The Balaban J connectivity index is 2.93. The molecule has 0 radical (unpaired) electrons. The van der Waals surface area contributed by atoms with Gasteiger partial charge in [0, 0.05) is 12.1 Å². The number of hydrogen-bond acceptors (Lipinski definition) is 4. The van der Waals surface area contributed by atoms with Crippen molar-refractivity contribution in [3.63, 3.8) is 0 Å². The van der Waals surface area contributed by atoms with Crippen LogP contribution in [0.2, 0.25) is 0 Å². The van der Waals surface area contributed by atoms with E-state index in [-0.39, 0.29) is 5.56 Å². The molecule has 1 aromatic carbocycles. The largest absolute Gasteiger partial charge is 0.493 e. The van der Waals surface area contributed by atoms with E-state index in [0.29, 0.717) is 18.3 Å². The van der Waals surface area contributed by atoms with Crippen molar-refractivity contribution in [3.05, 3.63) is 33.9 Å². The zero-order valence-electron chi connectivity index (χ0n) is 10.3. The van der Waals surface area contributed by atoms with E-state index in [2.05, 4.69) is 0 Å². The molecular weight excluding hydrogens is 238 g/mol. The van der Waals surface area contributed by atoms with E-state index >= 15 is 0 Å². The van der Waals surface area contributed by atoms with Gasteiger partial charge >= 0.3 is 5.97 Å². The zero-order chi connectivity index (χ0) is 13.7. The zero-order valence-corrected chi connectivity index (χ0v) is 10.3. The molecule has 1 rings (SSSR count). The molecule has 1 unspecified atom stereocenters. The van der Waals surface area contributed by atoms with E-state index in [1.54, 1.807) is 0 Å². The van der Waals surface area contributed by atoms with Gasteiger partial charge in [-0.15, -0.1) is 0 Å². The highest BCUT2D eigenvalue weighted by molar-refractivity contribution is 5.92. The summed E-state index contributed by atoms with van der Waals surface area (Å²) in [6.07, 6.45) is 0.943. The van der Waals surface area contributed by atoms with Crippen LogP contribution in [0.4, 0.5) is 5.69 Å². The molecule has 0 aliphatic heterocycles. The van der Waals surface area contributed by atoms with Gasteiger partial charge in [0.25, 0.3) is 5.69 Å². The van der Waals surface area contributed by atoms with Crippen LogP contribution in [0.1, 0.15) is 30.6 Å². The maximum Gasteiger partial charge on any atom is 0.342 e. The molecule has 0 spiro atoms. The van der Waals surface area contributed by atoms with Gasteiger partial charge in [-0.25, -0.2) is 4.79 Å². The minimum atomic E-state index is -1.34. The molecule has 0 saturated carbocycles. The molecule has 98 valence electrons. The molecule has 18 heavy (non-hydrogen) atoms. The van der Waals surface area contributed by atoms with Gasteiger partial charge in [-0.3, -0.25) is 10.1 Å². The lowest BCUT2D eigenvalue weighted by atomic mass is 10.1. The van der Waals surface area contributed by atoms with Crippen LogP contribution in [0.25, 0.3) is 0 Å². The molecule has 6 heteroatoms. The lowest BCUT2D eigenvalue weighted by Crippen LogP contribution is -2.08. The molecule has 6 nitrogen and oxygen atoms in total. The van der Waals surface area contributed by atoms with E-state index < -0.39 is 16.6 Å². The van der Waals surface area contributed by atoms with E-state index in [0.717, 1.165) is 12.5 Å². The molecule has 1 N–H and O–H groups in total. The number of ether oxygens (including phenoxy) is 1. The Morgan fingerprint density at radius 1 is 1.56 bits per heavy atom. The van der Waals surface area contributed by atoms with Crippen LogP contribution in [0.3, 0.4) is 0 Å². The molecule has 0 fully saturated rings. The fraction of sp³-hybridized carbons (Fsp3) is 0.417. The van der Waals surface area contributed by atoms with Gasteiger partial charge in [0.05, 0.1) is 11.5 Å². The Morgan fingerprint density at radius 3 is 2.72 bits per heavy atom. The van der Waals surface area contributed by atoms with Crippen molar-refractivity contribution < 1.29 is 19.6 Å². The molecule has 0 saturated heterocycles. The van der Waals surface area contributed by atoms with E-state index in [1.165, 1.54) is 12.1 Å². The average Bonchev–Trinajstić information content (AvgIpc) is 2.35. The SMILES string of the molecule is CCC(C)COc1ccc([N+](=O)[O-])c(C(=O)O)c1. The number of carbonyl (C=O) groups is 1. The minimum absolute atomic E-state index is 0.332. The molecule has 0 aromatic heterocycles. The Bertz CT molecular complexity index is 458. The highest BCUT2D eigenvalue weighted by atomic mass is 16.6. The van der Waals surface area contributed by atoms with Crippen molar-refractivity contribution >= 4 is 11.7 Å². The monoisotopic (exact) mass is 253 g/mol. The number of carboxylic acids is 1. The number of nitrogens with zero attached hydrogens (tertiary/aromatic N) is 1. The average molecular weight is 253 g/mol. The van der Waals surface area contributed by atoms with E-state index in [1.807, 2.05) is 13.8 Å². The summed E-state index contributed by atoms with van der Waals surface area (Å²) in [5.41, 5.74) is -0.792. The maximum absolute atomic E-state index is 10.9. The highest BCUT2D eigenvalue weighted by Crippen LogP contribution is 2.24. The second kappa shape index (κ2) is 6.00. The van der Waals surface area contributed by atoms with Gasteiger partial charge in [0.15, 0.2) is 0 Å². The van der Waals surface area contributed by atoms with Crippen molar-refractivity contribution in [2.45, 2.75) is 20.3 Å². The van der Waals surface area contributed by atoms with Gasteiger partial charge in [-0.05, 0) is 12.0 Å². The number of rotatable bonds is 6. The molecule has 1 aromatic rings. The molecule has 0 bridgehead atoms. The summed E-state index contributed by atoms with van der Waals surface area (Å²) < 4.78 is 5.40. The Kier molecular flexibility index (Phi) is 4.65. The van der Waals surface area contributed by atoms with Crippen molar-refractivity contribution in [1.82, 2.24) is 0 Å². The lowest BCUT2D eigenvalue weighted by Gasteiger charge is -2.11. The highest BCUT2D eigenvalue weighted by Gasteiger charge is 2.20. The number of hydrogen-bond donors (Lipinski definition) is 1. The molecule has 0 aliphatic rings. The molecule has 1 atom stereocenters. The van der Waals surface area contributed by atoms with Crippen molar-refractivity contribution in [2.24, 2.45) is 5.92 Å². The predicted molar refractivity (Wildman–Crippen MR) is 65.0 cm³/mol. The Hall–Kier alpha value is -2.11. The second-order valence-electron chi connectivity index (χ2n) is 4.07. The maximum atomic E-state index is 10.9. The summed E-state index contributed by atoms with van der Waals surface area (Å²) in [6.45, 7) is 4.48. The van der Waals surface area contributed by atoms with Crippen LogP contribution in [0.15, 0.2) is 18.2 Å². The third-order valence-corrected chi connectivity index (χ3v) is 2.63.